The van der Waals surface area contributed by atoms with Crippen molar-refractivity contribution in [3.8, 4) is 0 Å². The van der Waals surface area contributed by atoms with Crippen molar-refractivity contribution in [2.24, 2.45) is 5.92 Å². The Labute approximate surface area is 97.9 Å². The summed E-state index contributed by atoms with van der Waals surface area (Å²) in [5.74, 6) is 0.618. The molecule has 1 aromatic rings. The van der Waals surface area contributed by atoms with Gasteiger partial charge in [0.15, 0.2) is 5.82 Å². The molecule has 88 valence electrons. The predicted molar refractivity (Wildman–Crippen MR) is 61.7 cm³/mol. The largest absolute Gasteiger partial charge is 0.396 e. The number of aliphatic hydroxyl groups excluding tert-OH is 1. The minimum atomic E-state index is -0.349. The van der Waals surface area contributed by atoms with Crippen LogP contribution >= 0.6 is 11.6 Å². The van der Waals surface area contributed by atoms with E-state index in [2.05, 4.69) is 15.3 Å². The number of H-pyrrole nitrogens is 1. The Hall–Kier alpha value is -1.07. The Balaban J connectivity index is 2.14. The molecule has 0 saturated heterocycles. The zero-order valence-electron chi connectivity index (χ0n) is 8.74. The average molecular weight is 244 g/mol. The van der Waals surface area contributed by atoms with Crippen LogP contribution in [0, 0.1) is 5.92 Å². The maximum Gasteiger partial charge on any atom is 0.271 e. The smallest absolute Gasteiger partial charge is 0.271 e. The number of aromatic nitrogens is 2. The highest BCUT2D eigenvalue weighted by atomic mass is 35.5. The molecule has 6 heteroatoms. The SMILES string of the molecule is O=c1[nH]cnc(NC2CCCC2CO)c1Cl. The molecule has 0 bridgehead atoms. The summed E-state index contributed by atoms with van der Waals surface area (Å²) in [6, 6.07) is 0.150. The van der Waals surface area contributed by atoms with Crippen molar-refractivity contribution in [1.29, 1.82) is 0 Å². The summed E-state index contributed by atoms with van der Waals surface area (Å²) in [7, 11) is 0. The van der Waals surface area contributed by atoms with E-state index in [1.54, 1.807) is 0 Å². The van der Waals surface area contributed by atoms with E-state index < -0.39 is 0 Å². The number of anilines is 1. The number of hydrogen-bond donors (Lipinski definition) is 3. The Kier molecular flexibility index (Phi) is 3.46. The Morgan fingerprint density at radius 3 is 3.19 bits per heavy atom. The number of hydrogen-bond acceptors (Lipinski definition) is 4. The van der Waals surface area contributed by atoms with Crippen LogP contribution in [0.2, 0.25) is 5.02 Å². The molecule has 0 aliphatic heterocycles. The molecule has 1 heterocycles. The van der Waals surface area contributed by atoms with Crippen LogP contribution in [0.5, 0.6) is 0 Å². The molecular weight excluding hydrogens is 230 g/mol. The third-order valence-electron chi connectivity index (χ3n) is 3.01. The highest BCUT2D eigenvalue weighted by Gasteiger charge is 2.27. The van der Waals surface area contributed by atoms with Crippen molar-refractivity contribution in [3.05, 3.63) is 21.7 Å². The average Bonchev–Trinajstić information content (AvgIpc) is 2.72. The summed E-state index contributed by atoms with van der Waals surface area (Å²) in [5.41, 5.74) is -0.349. The second-order valence-corrected chi connectivity index (χ2v) is 4.40. The van der Waals surface area contributed by atoms with Crippen molar-refractivity contribution < 1.29 is 5.11 Å². The first kappa shape index (κ1) is 11.4. The molecule has 2 rings (SSSR count). The molecule has 0 radical (unpaired) electrons. The van der Waals surface area contributed by atoms with E-state index in [0.717, 1.165) is 19.3 Å². The number of nitrogens with one attached hydrogen (secondary N) is 2. The molecule has 0 amide bonds. The van der Waals surface area contributed by atoms with Crippen molar-refractivity contribution >= 4 is 17.4 Å². The minimum Gasteiger partial charge on any atom is -0.396 e. The van der Waals surface area contributed by atoms with Crippen LogP contribution in [0.1, 0.15) is 19.3 Å². The fraction of sp³-hybridized carbons (Fsp3) is 0.600. The summed E-state index contributed by atoms with van der Waals surface area (Å²) in [4.78, 5) is 17.6. The molecule has 2 unspecified atom stereocenters. The van der Waals surface area contributed by atoms with Crippen LogP contribution in [-0.2, 0) is 0 Å². The third kappa shape index (κ3) is 2.20. The monoisotopic (exact) mass is 243 g/mol. The van der Waals surface area contributed by atoms with Crippen LogP contribution in [0.25, 0.3) is 0 Å². The molecule has 1 aliphatic rings. The van der Waals surface area contributed by atoms with Crippen molar-refractivity contribution in [2.75, 3.05) is 11.9 Å². The summed E-state index contributed by atoms with van der Waals surface area (Å²) >= 11 is 5.83. The molecule has 5 nitrogen and oxygen atoms in total. The number of aromatic amines is 1. The molecule has 1 saturated carbocycles. The van der Waals surface area contributed by atoms with Gasteiger partial charge in [-0.15, -0.1) is 0 Å². The van der Waals surface area contributed by atoms with E-state index in [0.29, 0.717) is 5.82 Å². The second-order valence-electron chi connectivity index (χ2n) is 4.02. The van der Waals surface area contributed by atoms with E-state index in [9.17, 15) is 9.90 Å². The van der Waals surface area contributed by atoms with E-state index in [1.807, 2.05) is 0 Å². The minimum absolute atomic E-state index is 0.0751. The first-order valence-electron chi connectivity index (χ1n) is 5.33. The summed E-state index contributed by atoms with van der Waals surface area (Å²) in [6.45, 7) is 0.151. The van der Waals surface area contributed by atoms with Crippen LogP contribution in [-0.4, -0.2) is 27.7 Å². The lowest BCUT2D eigenvalue weighted by Crippen LogP contribution is -2.28. The Morgan fingerprint density at radius 2 is 2.44 bits per heavy atom. The van der Waals surface area contributed by atoms with Crippen LogP contribution in [0.3, 0.4) is 0 Å². The first-order valence-corrected chi connectivity index (χ1v) is 5.70. The van der Waals surface area contributed by atoms with Crippen LogP contribution in [0.4, 0.5) is 5.82 Å². The zero-order valence-corrected chi connectivity index (χ0v) is 9.50. The molecule has 1 aliphatic carbocycles. The fourth-order valence-corrected chi connectivity index (χ4v) is 2.26. The van der Waals surface area contributed by atoms with Gasteiger partial charge in [-0.1, -0.05) is 18.0 Å². The third-order valence-corrected chi connectivity index (χ3v) is 3.36. The number of halogens is 1. The lowest BCUT2D eigenvalue weighted by atomic mass is 10.1. The van der Waals surface area contributed by atoms with Gasteiger partial charge in [-0.25, -0.2) is 4.98 Å². The summed E-state index contributed by atoms with van der Waals surface area (Å²) in [6.07, 6.45) is 4.36. The lowest BCUT2D eigenvalue weighted by molar-refractivity contribution is 0.222. The van der Waals surface area contributed by atoms with E-state index in [1.165, 1.54) is 6.33 Å². The number of aliphatic hydroxyl groups is 1. The van der Waals surface area contributed by atoms with Gasteiger partial charge in [-0.05, 0) is 12.8 Å². The first-order chi connectivity index (χ1) is 7.72. The van der Waals surface area contributed by atoms with E-state index >= 15 is 0 Å². The van der Waals surface area contributed by atoms with Crippen LogP contribution < -0.4 is 10.9 Å². The normalized spacial score (nSPS) is 24.6. The highest BCUT2D eigenvalue weighted by molar-refractivity contribution is 6.32. The number of rotatable bonds is 3. The van der Waals surface area contributed by atoms with Gasteiger partial charge in [-0.2, -0.15) is 0 Å². The summed E-state index contributed by atoms with van der Waals surface area (Å²) < 4.78 is 0. The Bertz CT molecular complexity index is 421. The molecular formula is C10H14ClN3O2. The van der Waals surface area contributed by atoms with Crippen molar-refractivity contribution in [1.82, 2.24) is 9.97 Å². The van der Waals surface area contributed by atoms with Gasteiger partial charge >= 0.3 is 0 Å². The van der Waals surface area contributed by atoms with Gasteiger partial charge in [0.05, 0.1) is 6.33 Å². The second kappa shape index (κ2) is 4.84. The zero-order chi connectivity index (χ0) is 11.5. The Morgan fingerprint density at radius 1 is 1.62 bits per heavy atom. The van der Waals surface area contributed by atoms with Crippen molar-refractivity contribution in [3.63, 3.8) is 0 Å². The van der Waals surface area contributed by atoms with E-state index in [4.69, 9.17) is 11.6 Å². The van der Waals surface area contributed by atoms with Gasteiger partial charge in [-0.3, -0.25) is 4.79 Å². The predicted octanol–water partition coefficient (Wildman–Crippen LogP) is 0.996. The van der Waals surface area contributed by atoms with Gasteiger partial charge in [0.25, 0.3) is 5.56 Å². The van der Waals surface area contributed by atoms with Gasteiger partial charge in [0.1, 0.15) is 5.02 Å². The van der Waals surface area contributed by atoms with Crippen molar-refractivity contribution in [2.45, 2.75) is 25.3 Å². The van der Waals surface area contributed by atoms with E-state index in [-0.39, 0.29) is 29.1 Å². The molecule has 0 aromatic carbocycles. The molecule has 0 spiro atoms. The molecule has 1 fully saturated rings. The highest BCUT2D eigenvalue weighted by Crippen LogP contribution is 2.28. The maximum absolute atomic E-state index is 11.2. The topological polar surface area (TPSA) is 78.0 Å². The standard InChI is InChI=1S/C10H14ClN3O2/c11-8-9(12-5-13-10(8)16)14-7-3-1-2-6(7)4-15/h5-7,15H,1-4H2,(H2,12,13,14,16). The van der Waals surface area contributed by atoms with Gasteiger partial charge in [0, 0.05) is 18.6 Å². The molecule has 16 heavy (non-hydrogen) atoms. The molecule has 3 N–H and O–H groups in total. The lowest BCUT2D eigenvalue weighted by Gasteiger charge is -2.19. The maximum atomic E-state index is 11.2. The quantitative estimate of drug-likeness (QED) is 0.740. The number of nitrogens with zero attached hydrogens (tertiary/aromatic N) is 1. The fourth-order valence-electron chi connectivity index (χ4n) is 2.10. The molecule has 2 atom stereocenters. The van der Waals surface area contributed by atoms with Crippen LogP contribution in [0.15, 0.2) is 11.1 Å². The van der Waals surface area contributed by atoms with Gasteiger partial charge < -0.3 is 15.4 Å². The molecule has 1 aromatic heterocycles. The summed E-state index contributed by atoms with van der Waals surface area (Å²) in [5, 5.41) is 12.4. The van der Waals surface area contributed by atoms with Gasteiger partial charge in [0.2, 0.25) is 0 Å².